The highest BCUT2D eigenvalue weighted by molar-refractivity contribution is 6.17. The van der Waals surface area contributed by atoms with Crippen LogP contribution in [-0.4, -0.2) is 29.9 Å². The standard InChI is InChI=1S/C11H22ClN/c1-9-7-10(2)11(3)13(8-9)6-4-5-12/h9-11H,4-8H2,1-3H3. The summed E-state index contributed by atoms with van der Waals surface area (Å²) in [4.78, 5) is 2.60. The molecule has 1 nitrogen and oxygen atoms in total. The van der Waals surface area contributed by atoms with Gasteiger partial charge < -0.3 is 4.90 Å². The fraction of sp³-hybridized carbons (Fsp3) is 1.00. The van der Waals surface area contributed by atoms with E-state index in [1.54, 1.807) is 0 Å². The van der Waals surface area contributed by atoms with E-state index in [1.165, 1.54) is 19.5 Å². The second-order valence-electron chi connectivity index (χ2n) is 4.60. The maximum absolute atomic E-state index is 5.71. The van der Waals surface area contributed by atoms with Crippen LogP contribution in [0.15, 0.2) is 0 Å². The van der Waals surface area contributed by atoms with Gasteiger partial charge in [0, 0.05) is 18.5 Å². The molecule has 0 aromatic carbocycles. The Hall–Kier alpha value is 0.250. The third kappa shape index (κ3) is 3.14. The monoisotopic (exact) mass is 203 g/mol. The lowest BCUT2D eigenvalue weighted by Crippen LogP contribution is -2.46. The highest BCUT2D eigenvalue weighted by Gasteiger charge is 2.27. The van der Waals surface area contributed by atoms with Gasteiger partial charge in [0.1, 0.15) is 0 Å². The molecule has 1 aliphatic heterocycles. The number of rotatable bonds is 3. The average molecular weight is 204 g/mol. The summed E-state index contributed by atoms with van der Waals surface area (Å²) in [6.07, 6.45) is 2.52. The SMILES string of the molecule is CC1CC(C)C(C)N(CCCCl)C1. The molecule has 2 heteroatoms. The Kier molecular flexibility index (Phi) is 4.54. The van der Waals surface area contributed by atoms with E-state index < -0.39 is 0 Å². The van der Waals surface area contributed by atoms with E-state index in [-0.39, 0.29) is 0 Å². The minimum Gasteiger partial charge on any atom is -0.300 e. The summed E-state index contributed by atoms with van der Waals surface area (Å²) in [6, 6.07) is 0.749. The minimum absolute atomic E-state index is 0.749. The molecule has 0 radical (unpaired) electrons. The highest BCUT2D eigenvalue weighted by Crippen LogP contribution is 2.26. The van der Waals surface area contributed by atoms with Crippen LogP contribution in [0.4, 0.5) is 0 Å². The zero-order valence-corrected chi connectivity index (χ0v) is 9.85. The topological polar surface area (TPSA) is 3.24 Å². The summed E-state index contributed by atoms with van der Waals surface area (Å²) >= 11 is 5.71. The molecular weight excluding hydrogens is 182 g/mol. The lowest BCUT2D eigenvalue weighted by molar-refractivity contribution is 0.0802. The van der Waals surface area contributed by atoms with Crippen molar-refractivity contribution in [1.29, 1.82) is 0 Å². The van der Waals surface area contributed by atoms with Crippen molar-refractivity contribution in [3.8, 4) is 0 Å². The van der Waals surface area contributed by atoms with E-state index in [1.807, 2.05) is 0 Å². The normalized spacial score (nSPS) is 36.5. The molecule has 0 bridgehead atoms. The molecular formula is C11H22ClN. The fourth-order valence-electron chi connectivity index (χ4n) is 2.39. The van der Waals surface area contributed by atoms with E-state index in [0.29, 0.717) is 0 Å². The molecule has 3 atom stereocenters. The van der Waals surface area contributed by atoms with Gasteiger partial charge in [0.15, 0.2) is 0 Å². The molecule has 0 spiro atoms. The fourth-order valence-corrected chi connectivity index (χ4v) is 2.51. The molecule has 1 rings (SSSR count). The summed E-state index contributed by atoms with van der Waals surface area (Å²) in [5, 5.41) is 0. The number of nitrogens with zero attached hydrogens (tertiary/aromatic N) is 1. The first-order chi connectivity index (χ1) is 6.15. The average Bonchev–Trinajstić information content (AvgIpc) is 2.09. The van der Waals surface area contributed by atoms with Gasteiger partial charge in [0.05, 0.1) is 0 Å². The number of alkyl halides is 1. The number of piperidine rings is 1. The quantitative estimate of drug-likeness (QED) is 0.638. The van der Waals surface area contributed by atoms with Crippen LogP contribution in [0.2, 0.25) is 0 Å². The van der Waals surface area contributed by atoms with Gasteiger partial charge in [0.2, 0.25) is 0 Å². The predicted octanol–water partition coefficient (Wildman–Crippen LogP) is 2.98. The Labute approximate surface area is 87.4 Å². The summed E-state index contributed by atoms with van der Waals surface area (Å²) in [5.41, 5.74) is 0. The van der Waals surface area contributed by atoms with Crippen LogP contribution in [0.1, 0.15) is 33.6 Å². The maximum atomic E-state index is 5.71. The van der Waals surface area contributed by atoms with Crippen LogP contribution in [0.25, 0.3) is 0 Å². The number of hydrogen-bond donors (Lipinski definition) is 0. The van der Waals surface area contributed by atoms with Crippen LogP contribution >= 0.6 is 11.6 Å². The molecule has 13 heavy (non-hydrogen) atoms. The third-order valence-electron chi connectivity index (χ3n) is 3.30. The summed E-state index contributed by atoms with van der Waals surface area (Å²) in [6.45, 7) is 9.52. The first-order valence-corrected chi connectivity index (χ1v) is 5.98. The lowest BCUT2D eigenvalue weighted by Gasteiger charge is -2.41. The highest BCUT2D eigenvalue weighted by atomic mass is 35.5. The Bertz CT molecular complexity index is 149. The van der Waals surface area contributed by atoms with Gasteiger partial charge in [0.25, 0.3) is 0 Å². The number of halogens is 1. The van der Waals surface area contributed by atoms with Crippen LogP contribution in [0, 0.1) is 11.8 Å². The molecule has 1 heterocycles. The van der Waals surface area contributed by atoms with E-state index in [2.05, 4.69) is 25.7 Å². The van der Waals surface area contributed by atoms with E-state index in [0.717, 1.165) is 30.2 Å². The Morgan fingerprint density at radius 1 is 1.31 bits per heavy atom. The molecule has 0 aromatic heterocycles. The van der Waals surface area contributed by atoms with Crippen molar-refractivity contribution in [1.82, 2.24) is 4.90 Å². The zero-order valence-electron chi connectivity index (χ0n) is 9.09. The largest absolute Gasteiger partial charge is 0.300 e. The van der Waals surface area contributed by atoms with Crippen LogP contribution in [0.5, 0.6) is 0 Å². The Morgan fingerprint density at radius 3 is 2.62 bits per heavy atom. The second kappa shape index (κ2) is 5.21. The van der Waals surface area contributed by atoms with Crippen molar-refractivity contribution in [2.24, 2.45) is 11.8 Å². The lowest BCUT2D eigenvalue weighted by atomic mass is 9.86. The van der Waals surface area contributed by atoms with Gasteiger partial charge in [-0.2, -0.15) is 0 Å². The van der Waals surface area contributed by atoms with Crippen molar-refractivity contribution in [2.45, 2.75) is 39.7 Å². The van der Waals surface area contributed by atoms with Gasteiger partial charge in [-0.05, 0) is 38.1 Å². The van der Waals surface area contributed by atoms with Gasteiger partial charge in [-0.25, -0.2) is 0 Å². The molecule has 1 aliphatic rings. The van der Waals surface area contributed by atoms with E-state index >= 15 is 0 Å². The zero-order chi connectivity index (χ0) is 9.84. The maximum Gasteiger partial charge on any atom is 0.0235 e. The van der Waals surface area contributed by atoms with Crippen molar-refractivity contribution < 1.29 is 0 Å². The van der Waals surface area contributed by atoms with Gasteiger partial charge >= 0.3 is 0 Å². The summed E-state index contributed by atoms with van der Waals surface area (Å²) < 4.78 is 0. The Morgan fingerprint density at radius 2 is 2.00 bits per heavy atom. The summed E-state index contributed by atoms with van der Waals surface area (Å²) in [7, 11) is 0. The molecule has 0 aromatic rings. The second-order valence-corrected chi connectivity index (χ2v) is 4.97. The van der Waals surface area contributed by atoms with E-state index in [9.17, 15) is 0 Å². The molecule has 1 saturated heterocycles. The molecule has 0 amide bonds. The molecule has 0 saturated carbocycles. The Balaban J connectivity index is 2.41. The number of hydrogen-bond acceptors (Lipinski definition) is 1. The van der Waals surface area contributed by atoms with Crippen LogP contribution in [-0.2, 0) is 0 Å². The van der Waals surface area contributed by atoms with Crippen LogP contribution < -0.4 is 0 Å². The van der Waals surface area contributed by atoms with Crippen molar-refractivity contribution >= 4 is 11.6 Å². The first kappa shape index (κ1) is 11.3. The number of likely N-dealkylation sites (tertiary alicyclic amines) is 1. The van der Waals surface area contributed by atoms with Gasteiger partial charge in [-0.1, -0.05) is 13.8 Å². The van der Waals surface area contributed by atoms with E-state index in [4.69, 9.17) is 11.6 Å². The molecule has 0 aliphatic carbocycles. The van der Waals surface area contributed by atoms with Crippen molar-refractivity contribution in [3.05, 3.63) is 0 Å². The molecule has 78 valence electrons. The van der Waals surface area contributed by atoms with Gasteiger partial charge in [-0.15, -0.1) is 11.6 Å². The predicted molar refractivity (Wildman–Crippen MR) is 59.3 cm³/mol. The van der Waals surface area contributed by atoms with Crippen molar-refractivity contribution in [2.75, 3.05) is 19.0 Å². The smallest absolute Gasteiger partial charge is 0.0235 e. The molecule has 0 N–H and O–H groups in total. The molecule has 3 unspecified atom stereocenters. The van der Waals surface area contributed by atoms with Gasteiger partial charge in [-0.3, -0.25) is 0 Å². The first-order valence-electron chi connectivity index (χ1n) is 5.45. The molecule has 1 fully saturated rings. The minimum atomic E-state index is 0.749. The van der Waals surface area contributed by atoms with Crippen LogP contribution in [0.3, 0.4) is 0 Å². The summed E-state index contributed by atoms with van der Waals surface area (Å²) in [5.74, 6) is 2.51. The third-order valence-corrected chi connectivity index (χ3v) is 3.57. The van der Waals surface area contributed by atoms with Crippen molar-refractivity contribution in [3.63, 3.8) is 0 Å².